The van der Waals surface area contributed by atoms with Gasteiger partial charge in [0, 0.05) is 0 Å². The lowest BCUT2D eigenvalue weighted by molar-refractivity contribution is 0.145. The third kappa shape index (κ3) is 42.2. The van der Waals surface area contributed by atoms with Crippen molar-refractivity contribution >= 4 is 7.82 Å². The number of hydrogen-bond acceptors (Lipinski definition) is 4. The van der Waals surface area contributed by atoms with Crippen LogP contribution in [0.1, 0.15) is 213 Å². The molecule has 0 aliphatic rings. The van der Waals surface area contributed by atoms with Crippen LogP contribution in [0.15, 0.2) is 0 Å². The summed E-state index contributed by atoms with van der Waals surface area (Å²) in [5.74, 6) is 0. The lowest BCUT2D eigenvalue weighted by Gasteiger charge is -2.12. The molecule has 0 heterocycles. The largest absolute Gasteiger partial charge is 0.472 e. The van der Waals surface area contributed by atoms with Gasteiger partial charge >= 0.3 is 7.82 Å². The Morgan fingerprint density at radius 2 is 0.619 bits per heavy atom. The Bertz CT molecular complexity index is 481. The van der Waals surface area contributed by atoms with E-state index < -0.39 is 7.82 Å². The summed E-state index contributed by atoms with van der Waals surface area (Å²) in [7, 11) is -3.85. The number of unbranched alkanes of at least 4 members (excludes halogenated alkanes) is 27. The van der Waals surface area contributed by atoms with Gasteiger partial charge in [-0.3, -0.25) is 9.05 Å². The van der Waals surface area contributed by atoms with Crippen molar-refractivity contribution < 1.29 is 18.5 Å². The molecule has 0 saturated heterocycles. The van der Waals surface area contributed by atoms with Crippen LogP contribution in [-0.2, 0) is 13.6 Å². The molecular weight excluding hydrogens is 541 g/mol. The minimum absolute atomic E-state index is 0.322. The highest BCUT2D eigenvalue weighted by Crippen LogP contribution is 2.43. The van der Waals surface area contributed by atoms with E-state index in [0.29, 0.717) is 13.2 Å². The van der Waals surface area contributed by atoms with Gasteiger partial charge in [-0.2, -0.15) is 0 Å². The summed E-state index contributed by atoms with van der Waals surface area (Å²) in [5.41, 5.74) is 5.42. The summed E-state index contributed by atoms with van der Waals surface area (Å²) >= 11 is 0. The summed E-state index contributed by atoms with van der Waals surface area (Å²) in [6, 6.07) is 0. The Balaban J connectivity index is 0. The van der Waals surface area contributed by atoms with Gasteiger partial charge in [-0.15, -0.1) is 0 Å². The average molecular weight is 620 g/mol. The second kappa shape index (κ2) is 39.1. The molecule has 0 aromatic heterocycles. The zero-order chi connectivity index (χ0) is 31.2. The Labute approximate surface area is 264 Å². The van der Waals surface area contributed by atoms with E-state index in [2.05, 4.69) is 20.8 Å². The maximum Gasteiger partial charge on any atom is 0.472 e. The van der Waals surface area contributed by atoms with Crippen LogP contribution in [0.25, 0.3) is 0 Å². The number of rotatable bonds is 34. The third-order valence-corrected chi connectivity index (χ3v) is 9.08. The highest BCUT2D eigenvalue weighted by atomic mass is 31.2. The van der Waals surface area contributed by atoms with Gasteiger partial charge in [0.2, 0.25) is 0 Å². The minimum atomic E-state index is -3.85. The molecule has 0 spiro atoms. The van der Waals surface area contributed by atoms with Crippen LogP contribution >= 0.6 is 7.82 Å². The fraction of sp³-hybridized carbons (Fsp3) is 1.00. The zero-order valence-corrected chi connectivity index (χ0v) is 29.9. The molecule has 0 aromatic rings. The molecule has 0 atom stereocenters. The fourth-order valence-corrected chi connectivity index (χ4v) is 6.00. The van der Waals surface area contributed by atoms with Gasteiger partial charge in [0.25, 0.3) is 0 Å². The lowest BCUT2D eigenvalue weighted by Crippen LogP contribution is -1.99. The van der Waals surface area contributed by atoms with Crippen molar-refractivity contribution in [2.45, 2.75) is 213 Å². The molecule has 6 heteroatoms. The van der Waals surface area contributed by atoms with Crippen LogP contribution in [0.5, 0.6) is 0 Å². The van der Waals surface area contributed by atoms with E-state index >= 15 is 0 Å². The molecule has 0 bridgehead atoms. The highest BCUT2D eigenvalue weighted by Gasteiger charge is 2.19. The summed E-state index contributed by atoms with van der Waals surface area (Å²) in [6.07, 6.45) is 38.7. The average Bonchev–Trinajstić information content (AvgIpc) is 2.98. The topological polar surface area (TPSA) is 81.8 Å². The first-order valence-electron chi connectivity index (χ1n) is 18.9. The number of hydrogen-bond donors (Lipinski definition) is 2. The maximum atomic E-state index is 11.8. The van der Waals surface area contributed by atoms with E-state index in [1.165, 1.54) is 167 Å². The molecule has 0 unspecified atom stereocenters. The van der Waals surface area contributed by atoms with Crippen molar-refractivity contribution in [3.8, 4) is 0 Å². The monoisotopic (exact) mass is 620 g/mol. The predicted molar refractivity (Wildman–Crippen MR) is 186 cm³/mol. The summed E-state index contributed by atoms with van der Waals surface area (Å²) < 4.78 is 22.0. The van der Waals surface area contributed by atoms with Crippen molar-refractivity contribution in [2.75, 3.05) is 19.8 Å². The molecule has 0 fully saturated rings. The molecule has 0 rings (SSSR count). The first-order chi connectivity index (χ1) is 20.5. The molecule has 0 saturated carbocycles. The van der Waals surface area contributed by atoms with E-state index in [-0.39, 0.29) is 0 Å². The van der Waals surface area contributed by atoms with Gasteiger partial charge in [0.15, 0.2) is 0 Å². The Morgan fingerprint density at radius 1 is 0.405 bits per heavy atom. The van der Waals surface area contributed by atoms with Crippen LogP contribution in [0.2, 0.25) is 0 Å². The Hall–Kier alpha value is 0.0700. The first kappa shape index (κ1) is 44.2. The standard InChI is InChI=1S/C24H51O4P.C12H27N/c1-3-5-7-9-11-13-15-17-19-21-23-27-29(25,26)28-24-22-20-18-16-14-12-10-8-6-4-2;1-2-3-4-5-6-7-8-9-10-11-12-13/h3-24H2,1-2H3,(H,25,26);2-13H2,1H3. The Kier molecular flexibility index (Phi) is 41.1. The number of nitrogens with two attached hydrogens (primary N) is 1. The van der Waals surface area contributed by atoms with E-state index in [4.69, 9.17) is 14.8 Å². The maximum absolute atomic E-state index is 11.8. The van der Waals surface area contributed by atoms with Crippen LogP contribution < -0.4 is 5.73 Å². The van der Waals surface area contributed by atoms with Crippen LogP contribution in [0.4, 0.5) is 0 Å². The summed E-state index contributed by atoms with van der Waals surface area (Å²) in [4.78, 5) is 9.71. The zero-order valence-electron chi connectivity index (χ0n) is 29.0. The second-order valence-electron chi connectivity index (χ2n) is 12.5. The molecule has 0 radical (unpaired) electrons. The van der Waals surface area contributed by atoms with Crippen LogP contribution in [0.3, 0.4) is 0 Å². The van der Waals surface area contributed by atoms with Gasteiger partial charge in [0.1, 0.15) is 0 Å². The van der Waals surface area contributed by atoms with Gasteiger partial charge < -0.3 is 10.6 Å². The van der Waals surface area contributed by atoms with Crippen molar-refractivity contribution in [1.82, 2.24) is 0 Å². The first-order valence-corrected chi connectivity index (χ1v) is 20.4. The third-order valence-electron chi connectivity index (χ3n) is 8.06. The quantitative estimate of drug-likeness (QED) is 0.0553. The predicted octanol–water partition coefficient (Wildman–Crippen LogP) is 12.8. The van der Waals surface area contributed by atoms with Crippen LogP contribution in [0, 0.1) is 0 Å². The molecule has 5 nitrogen and oxygen atoms in total. The van der Waals surface area contributed by atoms with Gasteiger partial charge in [-0.25, -0.2) is 4.57 Å². The van der Waals surface area contributed by atoms with Crippen molar-refractivity contribution in [1.29, 1.82) is 0 Å². The fourth-order valence-electron chi connectivity index (χ4n) is 5.21. The second-order valence-corrected chi connectivity index (χ2v) is 13.9. The molecule has 0 aliphatic heterocycles. The van der Waals surface area contributed by atoms with E-state index in [1.807, 2.05) is 0 Å². The van der Waals surface area contributed by atoms with Gasteiger partial charge in [-0.1, -0.05) is 194 Å². The van der Waals surface area contributed by atoms with Gasteiger partial charge in [0.05, 0.1) is 13.2 Å². The molecule has 0 amide bonds. The lowest BCUT2D eigenvalue weighted by atomic mass is 10.1. The summed E-state index contributed by atoms with van der Waals surface area (Å²) in [6.45, 7) is 8.28. The van der Waals surface area contributed by atoms with E-state index in [9.17, 15) is 9.46 Å². The molecule has 256 valence electrons. The van der Waals surface area contributed by atoms with E-state index in [1.54, 1.807) is 0 Å². The van der Waals surface area contributed by atoms with E-state index in [0.717, 1.165) is 32.2 Å². The number of phosphoric ester groups is 1. The van der Waals surface area contributed by atoms with Crippen molar-refractivity contribution in [3.05, 3.63) is 0 Å². The summed E-state index contributed by atoms with van der Waals surface area (Å²) in [5, 5.41) is 0. The highest BCUT2D eigenvalue weighted by molar-refractivity contribution is 7.47. The van der Waals surface area contributed by atoms with Crippen molar-refractivity contribution in [3.63, 3.8) is 0 Å². The SMILES string of the molecule is CCCCCCCCCCCCN.CCCCCCCCCCCCOP(=O)(O)OCCCCCCCCCCCC. The van der Waals surface area contributed by atoms with Crippen molar-refractivity contribution in [2.24, 2.45) is 5.73 Å². The molecular formula is C36H78NO4P. The smallest absolute Gasteiger partial charge is 0.330 e. The molecule has 0 aromatic carbocycles. The molecule has 0 aliphatic carbocycles. The minimum Gasteiger partial charge on any atom is -0.330 e. The molecule has 42 heavy (non-hydrogen) atoms. The molecule has 3 N–H and O–H groups in total. The Morgan fingerprint density at radius 3 is 0.857 bits per heavy atom. The van der Waals surface area contributed by atoms with Crippen LogP contribution in [-0.4, -0.2) is 24.7 Å². The normalized spacial score (nSPS) is 11.5. The van der Waals surface area contributed by atoms with Gasteiger partial charge in [-0.05, 0) is 25.8 Å². The number of phosphoric acid groups is 1.